The van der Waals surface area contributed by atoms with Gasteiger partial charge in [-0.05, 0) is 43.4 Å². The van der Waals surface area contributed by atoms with Crippen molar-refractivity contribution in [3.05, 3.63) is 29.8 Å². The maximum atomic E-state index is 12.0. The molecule has 2 atom stereocenters. The molecule has 0 aliphatic heterocycles. The van der Waals surface area contributed by atoms with Crippen molar-refractivity contribution in [3.8, 4) is 5.75 Å². The Bertz CT molecular complexity index is 528. The van der Waals surface area contributed by atoms with Gasteiger partial charge in [0.1, 0.15) is 5.75 Å². The van der Waals surface area contributed by atoms with Crippen LogP contribution < -0.4 is 15.4 Å². The standard InChI is InChI=1S/C18H26N2O3/c1-3-23-15-10-8-14(9-11-15)12-19-17(21)18(22)20-16-7-5-4-6-13(16)2/h8-11,13,16H,3-7,12H2,1-2H3,(H,19,21)(H,20,22)/t13-,16-/m0/s1. The minimum atomic E-state index is -0.573. The quantitative estimate of drug-likeness (QED) is 0.819. The molecule has 5 nitrogen and oxygen atoms in total. The number of carbonyl (C=O) groups excluding carboxylic acids is 2. The van der Waals surface area contributed by atoms with E-state index in [1.165, 1.54) is 6.42 Å². The minimum Gasteiger partial charge on any atom is -0.494 e. The van der Waals surface area contributed by atoms with Crippen LogP contribution in [0.15, 0.2) is 24.3 Å². The van der Waals surface area contributed by atoms with Gasteiger partial charge in [0, 0.05) is 12.6 Å². The van der Waals surface area contributed by atoms with E-state index in [4.69, 9.17) is 4.74 Å². The summed E-state index contributed by atoms with van der Waals surface area (Å²) in [6.45, 7) is 5.01. The van der Waals surface area contributed by atoms with E-state index in [2.05, 4.69) is 17.6 Å². The maximum Gasteiger partial charge on any atom is 0.309 e. The number of benzene rings is 1. The summed E-state index contributed by atoms with van der Waals surface area (Å²) in [7, 11) is 0. The molecule has 1 fully saturated rings. The number of rotatable bonds is 5. The van der Waals surface area contributed by atoms with Crippen molar-refractivity contribution >= 4 is 11.8 Å². The second kappa shape index (κ2) is 8.56. The van der Waals surface area contributed by atoms with Crippen LogP contribution in [0.3, 0.4) is 0 Å². The molecule has 0 unspecified atom stereocenters. The smallest absolute Gasteiger partial charge is 0.309 e. The van der Waals surface area contributed by atoms with Crippen molar-refractivity contribution in [2.45, 2.75) is 52.1 Å². The lowest BCUT2D eigenvalue weighted by atomic mass is 9.86. The van der Waals surface area contributed by atoms with Crippen LogP contribution in [0.25, 0.3) is 0 Å². The van der Waals surface area contributed by atoms with Crippen LogP contribution in [0.1, 0.15) is 45.1 Å². The fourth-order valence-corrected chi connectivity index (χ4v) is 2.90. The Hall–Kier alpha value is -2.04. The molecule has 2 N–H and O–H groups in total. The molecule has 1 aliphatic carbocycles. The van der Waals surface area contributed by atoms with E-state index in [9.17, 15) is 9.59 Å². The molecule has 0 aromatic heterocycles. The Morgan fingerprint density at radius 1 is 1.13 bits per heavy atom. The third kappa shape index (κ3) is 5.27. The van der Waals surface area contributed by atoms with E-state index in [1.807, 2.05) is 31.2 Å². The SMILES string of the molecule is CCOc1ccc(CNC(=O)C(=O)N[C@H]2CCCC[C@@H]2C)cc1. The van der Waals surface area contributed by atoms with Gasteiger partial charge in [0.25, 0.3) is 0 Å². The van der Waals surface area contributed by atoms with Gasteiger partial charge in [0.2, 0.25) is 0 Å². The van der Waals surface area contributed by atoms with Crippen molar-refractivity contribution < 1.29 is 14.3 Å². The number of nitrogens with one attached hydrogen (secondary N) is 2. The Labute approximate surface area is 137 Å². The number of amides is 2. The summed E-state index contributed by atoms with van der Waals surface area (Å²) in [6, 6.07) is 7.59. The Morgan fingerprint density at radius 3 is 2.48 bits per heavy atom. The van der Waals surface area contributed by atoms with E-state index < -0.39 is 11.8 Å². The lowest BCUT2D eigenvalue weighted by molar-refractivity contribution is -0.140. The van der Waals surface area contributed by atoms with Gasteiger partial charge in [0.15, 0.2) is 0 Å². The Morgan fingerprint density at radius 2 is 1.83 bits per heavy atom. The molecule has 1 aromatic rings. The monoisotopic (exact) mass is 318 g/mol. The summed E-state index contributed by atoms with van der Waals surface area (Å²) in [5.41, 5.74) is 0.931. The molecule has 2 rings (SSSR count). The molecule has 126 valence electrons. The third-order valence-electron chi connectivity index (χ3n) is 4.32. The molecular formula is C18H26N2O3. The lowest BCUT2D eigenvalue weighted by Crippen LogP contribution is -2.47. The van der Waals surface area contributed by atoms with Crippen molar-refractivity contribution in [2.24, 2.45) is 5.92 Å². The summed E-state index contributed by atoms with van der Waals surface area (Å²) in [5.74, 6) is 0.129. The van der Waals surface area contributed by atoms with Crippen LogP contribution in [0, 0.1) is 5.92 Å². The van der Waals surface area contributed by atoms with E-state index in [-0.39, 0.29) is 6.04 Å². The summed E-state index contributed by atoms with van der Waals surface area (Å²) in [6.07, 6.45) is 4.39. The summed E-state index contributed by atoms with van der Waals surface area (Å²) in [5, 5.41) is 5.52. The third-order valence-corrected chi connectivity index (χ3v) is 4.32. The van der Waals surface area contributed by atoms with Crippen molar-refractivity contribution in [2.75, 3.05) is 6.61 Å². The molecule has 1 saturated carbocycles. The predicted molar refractivity (Wildman–Crippen MR) is 89.0 cm³/mol. The van der Waals surface area contributed by atoms with Crippen LogP contribution in [0.4, 0.5) is 0 Å². The fourth-order valence-electron chi connectivity index (χ4n) is 2.90. The molecule has 2 amide bonds. The van der Waals surface area contributed by atoms with Crippen LogP contribution >= 0.6 is 0 Å². The Balaban J connectivity index is 1.78. The van der Waals surface area contributed by atoms with Crippen molar-refractivity contribution in [1.29, 1.82) is 0 Å². The van der Waals surface area contributed by atoms with Crippen LogP contribution in [-0.2, 0) is 16.1 Å². The van der Waals surface area contributed by atoms with Gasteiger partial charge in [0.05, 0.1) is 6.61 Å². The van der Waals surface area contributed by atoms with E-state index in [0.717, 1.165) is 30.6 Å². The first kappa shape index (κ1) is 17.3. The largest absolute Gasteiger partial charge is 0.494 e. The highest BCUT2D eigenvalue weighted by molar-refractivity contribution is 6.35. The van der Waals surface area contributed by atoms with Crippen LogP contribution in [0.2, 0.25) is 0 Å². The molecule has 23 heavy (non-hydrogen) atoms. The van der Waals surface area contributed by atoms with Gasteiger partial charge in [-0.25, -0.2) is 0 Å². The minimum absolute atomic E-state index is 0.118. The van der Waals surface area contributed by atoms with E-state index in [1.54, 1.807) is 0 Å². The van der Waals surface area contributed by atoms with Crippen molar-refractivity contribution in [1.82, 2.24) is 10.6 Å². The van der Waals surface area contributed by atoms with E-state index >= 15 is 0 Å². The first-order valence-corrected chi connectivity index (χ1v) is 8.40. The zero-order chi connectivity index (χ0) is 16.7. The van der Waals surface area contributed by atoms with Gasteiger partial charge in [-0.1, -0.05) is 31.9 Å². The average Bonchev–Trinajstić information content (AvgIpc) is 2.56. The highest BCUT2D eigenvalue weighted by Gasteiger charge is 2.25. The normalized spacial score (nSPS) is 20.6. The Kier molecular flexibility index (Phi) is 6.44. The molecule has 5 heteroatoms. The molecule has 0 radical (unpaired) electrons. The van der Waals surface area contributed by atoms with Crippen molar-refractivity contribution in [3.63, 3.8) is 0 Å². The average molecular weight is 318 g/mol. The highest BCUT2D eigenvalue weighted by atomic mass is 16.5. The molecule has 0 saturated heterocycles. The first-order valence-electron chi connectivity index (χ1n) is 8.40. The number of carbonyl (C=O) groups is 2. The molecule has 0 spiro atoms. The predicted octanol–water partition coefficient (Wildman–Crippen LogP) is 2.40. The zero-order valence-electron chi connectivity index (χ0n) is 13.9. The molecule has 1 aliphatic rings. The first-order chi connectivity index (χ1) is 11.1. The summed E-state index contributed by atoms with van der Waals surface area (Å²) >= 11 is 0. The topological polar surface area (TPSA) is 67.4 Å². The number of hydrogen-bond acceptors (Lipinski definition) is 3. The van der Waals surface area contributed by atoms with Crippen LogP contribution in [0.5, 0.6) is 5.75 Å². The lowest BCUT2D eigenvalue weighted by Gasteiger charge is -2.29. The second-order valence-corrected chi connectivity index (χ2v) is 6.10. The summed E-state index contributed by atoms with van der Waals surface area (Å²) in [4.78, 5) is 23.9. The molecule has 0 heterocycles. The second-order valence-electron chi connectivity index (χ2n) is 6.10. The number of ether oxygens (including phenoxy) is 1. The van der Waals surface area contributed by atoms with E-state index in [0.29, 0.717) is 19.1 Å². The fraction of sp³-hybridized carbons (Fsp3) is 0.556. The maximum absolute atomic E-state index is 12.0. The van der Waals surface area contributed by atoms with Gasteiger partial charge in [-0.2, -0.15) is 0 Å². The van der Waals surface area contributed by atoms with Gasteiger partial charge < -0.3 is 15.4 Å². The number of hydrogen-bond donors (Lipinski definition) is 2. The zero-order valence-corrected chi connectivity index (χ0v) is 13.9. The molecule has 0 bridgehead atoms. The highest BCUT2D eigenvalue weighted by Crippen LogP contribution is 2.23. The molecular weight excluding hydrogens is 292 g/mol. The summed E-state index contributed by atoms with van der Waals surface area (Å²) < 4.78 is 5.37. The molecule has 1 aromatic carbocycles. The van der Waals surface area contributed by atoms with Crippen LogP contribution in [-0.4, -0.2) is 24.5 Å². The van der Waals surface area contributed by atoms with Gasteiger partial charge in [-0.15, -0.1) is 0 Å². The van der Waals surface area contributed by atoms with Gasteiger partial charge >= 0.3 is 11.8 Å². The van der Waals surface area contributed by atoms with Gasteiger partial charge in [-0.3, -0.25) is 9.59 Å².